The van der Waals surface area contributed by atoms with E-state index < -0.39 is 0 Å². The molecule has 0 aliphatic rings. The van der Waals surface area contributed by atoms with Gasteiger partial charge in [0.2, 0.25) is 0 Å². The molecule has 0 radical (unpaired) electrons. The molecule has 0 bridgehead atoms. The first-order valence-corrected chi connectivity index (χ1v) is 8.68. The van der Waals surface area contributed by atoms with Gasteiger partial charge in [0, 0.05) is 11.4 Å². The van der Waals surface area contributed by atoms with Crippen LogP contribution in [-0.2, 0) is 0 Å². The Morgan fingerprint density at radius 2 is 1.38 bits per heavy atom. The minimum Gasteiger partial charge on any atom is -0.490 e. The van der Waals surface area contributed by atoms with E-state index in [-0.39, 0.29) is 6.10 Å². The maximum Gasteiger partial charge on any atom is 0.133 e. The van der Waals surface area contributed by atoms with Crippen molar-refractivity contribution < 1.29 is 9.47 Å². The summed E-state index contributed by atoms with van der Waals surface area (Å²) < 4.78 is 12.0. The topological polar surface area (TPSA) is 70.5 Å². The molecule has 0 heterocycles. The first-order valence-electron chi connectivity index (χ1n) is 8.68. The summed E-state index contributed by atoms with van der Waals surface area (Å²) in [6, 6.07) is 14.9. The fraction of sp³-hybridized carbons (Fsp3) is 0.400. The van der Waals surface area contributed by atoms with E-state index >= 15 is 0 Å². The summed E-state index contributed by atoms with van der Waals surface area (Å²) in [4.78, 5) is 0. The summed E-state index contributed by atoms with van der Waals surface area (Å²) >= 11 is 0. The predicted octanol–water partition coefficient (Wildman–Crippen LogP) is 4.65. The Balaban J connectivity index is 1.90. The first-order chi connectivity index (χ1) is 11.7. The zero-order valence-electron chi connectivity index (χ0n) is 14.4. The van der Waals surface area contributed by atoms with E-state index in [1.54, 1.807) is 0 Å². The molecule has 0 aromatic heterocycles. The largest absolute Gasteiger partial charge is 0.490 e. The minimum atomic E-state index is 0.0167. The van der Waals surface area contributed by atoms with Crippen molar-refractivity contribution in [3.63, 3.8) is 0 Å². The Morgan fingerprint density at radius 1 is 0.792 bits per heavy atom. The van der Waals surface area contributed by atoms with Gasteiger partial charge in [-0.05, 0) is 61.4 Å². The molecule has 2 aromatic rings. The zero-order valence-corrected chi connectivity index (χ0v) is 14.4. The lowest BCUT2D eigenvalue weighted by atomic mass is 10.1. The number of nitrogen functional groups attached to an aromatic ring is 2. The standard InChI is InChI=1S/C20H28N2O2/c1-2-3-4-5-6-20(24-19-13-9-17(22)10-14-19)15-23-18-11-7-16(21)8-12-18/h7-14,20H,2-6,15,21-22H2,1H3. The summed E-state index contributed by atoms with van der Waals surface area (Å²) in [5.41, 5.74) is 12.9. The molecule has 4 nitrogen and oxygen atoms in total. The van der Waals surface area contributed by atoms with Crippen molar-refractivity contribution in [3.05, 3.63) is 48.5 Å². The number of anilines is 2. The van der Waals surface area contributed by atoms with Crippen molar-refractivity contribution in [2.24, 2.45) is 0 Å². The molecule has 1 unspecified atom stereocenters. The Hall–Kier alpha value is -2.36. The van der Waals surface area contributed by atoms with Crippen LogP contribution in [0.2, 0.25) is 0 Å². The molecule has 0 fully saturated rings. The first kappa shape index (κ1) is 18.0. The van der Waals surface area contributed by atoms with Gasteiger partial charge < -0.3 is 20.9 Å². The molecule has 0 saturated heterocycles. The zero-order chi connectivity index (χ0) is 17.2. The second kappa shape index (κ2) is 9.71. The predicted molar refractivity (Wildman–Crippen MR) is 100 cm³/mol. The molecule has 0 saturated carbocycles. The average molecular weight is 328 g/mol. The lowest BCUT2D eigenvalue weighted by Crippen LogP contribution is -2.25. The molecule has 4 heteroatoms. The highest BCUT2D eigenvalue weighted by atomic mass is 16.5. The van der Waals surface area contributed by atoms with Gasteiger partial charge in [0.1, 0.15) is 24.2 Å². The van der Waals surface area contributed by atoms with Crippen molar-refractivity contribution in [1.82, 2.24) is 0 Å². The molecular weight excluding hydrogens is 300 g/mol. The third-order valence-electron chi connectivity index (χ3n) is 3.88. The SMILES string of the molecule is CCCCCCC(COc1ccc(N)cc1)Oc1ccc(N)cc1. The number of hydrogen-bond donors (Lipinski definition) is 2. The monoisotopic (exact) mass is 328 g/mol. The Labute approximate surface area is 144 Å². The number of hydrogen-bond acceptors (Lipinski definition) is 4. The Kier molecular flexibility index (Phi) is 7.27. The molecular formula is C20H28N2O2. The summed E-state index contributed by atoms with van der Waals surface area (Å²) in [6.07, 6.45) is 5.83. The van der Waals surface area contributed by atoms with Gasteiger partial charge in [-0.2, -0.15) is 0 Å². The van der Waals surface area contributed by atoms with Gasteiger partial charge in [0.25, 0.3) is 0 Å². The van der Waals surface area contributed by atoms with E-state index in [4.69, 9.17) is 20.9 Å². The normalized spacial score (nSPS) is 11.9. The summed E-state index contributed by atoms with van der Waals surface area (Å²) in [7, 11) is 0. The van der Waals surface area contributed by atoms with E-state index in [1.807, 2.05) is 48.5 Å². The third-order valence-corrected chi connectivity index (χ3v) is 3.88. The molecule has 2 rings (SSSR count). The highest BCUT2D eigenvalue weighted by molar-refractivity contribution is 5.42. The molecule has 24 heavy (non-hydrogen) atoms. The van der Waals surface area contributed by atoms with Crippen molar-refractivity contribution in [1.29, 1.82) is 0 Å². The Morgan fingerprint density at radius 3 is 1.96 bits per heavy atom. The van der Waals surface area contributed by atoms with Gasteiger partial charge in [-0.1, -0.05) is 26.2 Å². The second-order valence-electron chi connectivity index (χ2n) is 6.04. The molecule has 4 N–H and O–H groups in total. The summed E-state index contributed by atoms with van der Waals surface area (Å²) in [6.45, 7) is 2.73. The minimum absolute atomic E-state index is 0.0167. The average Bonchev–Trinajstić information content (AvgIpc) is 2.59. The number of rotatable bonds is 10. The van der Waals surface area contributed by atoms with E-state index in [2.05, 4.69) is 6.92 Å². The fourth-order valence-electron chi connectivity index (χ4n) is 2.47. The molecule has 0 aliphatic carbocycles. The smallest absolute Gasteiger partial charge is 0.133 e. The van der Waals surface area contributed by atoms with Crippen LogP contribution < -0.4 is 20.9 Å². The number of unbranched alkanes of at least 4 members (excludes halogenated alkanes) is 3. The lowest BCUT2D eigenvalue weighted by molar-refractivity contribution is 0.118. The molecule has 130 valence electrons. The molecule has 0 amide bonds. The van der Waals surface area contributed by atoms with Gasteiger partial charge >= 0.3 is 0 Å². The van der Waals surface area contributed by atoms with Gasteiger partial charge in [0.05, 0.1) is 0 Å². The van der Waals surface area contributed by atoms with Crippen LogP contribution in [0, 0.1) is 0 Å². The van der Waals surface area contributed by atoms with Crippen molar-refractivity contribution >= 4 is 11.4 Å². The van der Waals surface area contributed by atoms with Gasteiger partial charge in [-0.3, -0.25) is 0 Å². The molecule has 0 aliphatic heterocycles. The van der Waals surface area contributed by atoms with Gasteiger partial charge in [-0.15, -0.1) is 0 Å². The van der Waals surface area contributed by atoms with Crippen LogP contribution in [0.25, 0.3) is 0 Å². The molecule has 1 atom stereocenters. The van der Waals surface area contributed by atoms with Crippen LogP contribution in [0.5, 0.6) is 11.5 Å². The summed E-state index contributed by atoms with van der Waals surface area (Å²) in [5.74, 6) is 1.63. The van der Waals surface area contributed by atoms with Crippen molar-refractivity contribution in [2.75, 3.05) is 18.1 Å². The number of benzene rings is 2. The van der Waals surface area contributed by atoms with Crippen LogP contribution in [0.15, 0.2) is 48.5 Å². The van der Waals surface area contributed by atoms with Crippen LogP contribution >= 0.6 is 0 Å². The van der Waals surface area contributed by atoms with Crippen molar-refractivity contribution in [2.45, 2.75) is 45.1 Å². The van der Waals surface area contributed by atoms with Crippen LogP contribution in [0.3, 0.4) is 0 Å². The Bertz CT molecular complexity index is 582. The van der Waals surface area contributed by atoms with E-state index in [9.17, 15) is 0 Å². The third kappa shape index (κ3) is 6.41. The van der Waals surface area contributed by atoms with Gasteiger partial charge in [0.15, 0.2) is 0 Å². The summed E-state index contributed by atoms with van der Waals surface area (Å²) in [5, 5.41) is 0. The van der Waals surface area contributed by atoms with Crippen LogP contribution in [-0.4, -0.2) is 12.7 Å². The number of ether oxygens (including phenoxy) is 2. The lowest BCUT2D eigenvalue weighted by Gasteiger charge is -2.20. The van der Waals surface area contributed by atoms with Crippen molar-refractivity contribution in [3.8, 4) is 11.5 Å². The van der Waals surface area contributed by atoms with Gasteiger partial charge in [-0.25, -0.2) is 0 Å². The highest BCUT2D eigenvalue weighted by Crippen LogP contribution is 2.19. The molecule has 2 aromatic carbocycles. The molecule has 0 spiro atoms. The maximum atomic E-state index is 6.09. The van der Waals surface area contributed by atoms with E-state index in [1.165, 1.54) is 19.3 Å². The van der Waals surface area contributed by atoms with Crippen LogP contribution in [0.1, 0.15) is 39.0 Å². The number of nitrogens with two attached hydrogens (primary N) is 2. The highest BCUT2D eigenvalue weighted by Gasteiger charge is 2.12. The second-order valence-corrected chi connectivity index (χ2v) is 6.04. The van der Waals surface area contributed by atoms with E-state index in [0.717, 1.165) is 35.7 Å². The quantitative estimate of drug-likeness (QED) is 0.492. The maximum absolute atomic E-state index is 6.09. The van der Waals surface area contributed by atoms with Crippen LogP contribution in [0.4, 0.5) is 11.4 Å². The van der Waals surface area contributed by atoms with E-state index in [0.29, 0.717) is 6.61 Å². The fourth-order valence-corrected chi connectivity index (χ4v) is 2.47.